The van der Waals surface area contributed by atoms with E-state index in [0.717, 1.165) is 30.6 Å². The second-order valence-electron chi connectivity index (χ2n) is 6.39. The highest BCUT2D eigenvalue weighted by molar-refractivity contribution is 5.98. The van der Waals surface area contributed by atoms with Crippen molar-refractivity contribution in [3.05, 3.63) is 95.6 Å². The van der Waals surface area contributed by atoms with Gasteiger partial charge in [-0.1, -0.05) is 73.8 Å². The highest BCUT2D eigenvalue weighted by Gasteiger charge is 2.16. The van der Waals surface area contributed by atoms with Crippen LogP contribution in [0.15, 0.2) is 67.8 Å². The second-order valence-corrected chi connectivity index (χ2v) is 6.39. The molecule has 0 heterocycles. The fourth-order valence-corrected chi connectivity index (χ4v) is 3.64. The predicted molar refractivity (Wildman–Crippen MR) is 104 cm³/mol. The van der Waals surface area contributed by atoms with E-state index in [0.29, 0.717) is 0 Å². The maximum Gasteiger partial charge on any atom is 0.0401 e. The van der Waals surface area contributed by atoms with Crippen LogP contribution in [-0.4, -0.2) is 0 Å². The number of hydrogen-bond acceptors (Lipinski definition) is 1. The predicted octanol–water partition coefficient (Wildman–Crippen LogP) is 5.34. The highest BCUT2D eigenvalue weighted by atomic mass is 14.9. The Morgan fingerprint density at radius 2 is 1.79 bits per heavy atom. The van der Waals surface area contributed by atoms with Gasteiger partial charge in [-0.05, 0) is 45.9 Å². The van der Waals surface area contributed by atoms with Crippen LogP contribution < -0.4 is 5.32 Å². The summed E-state index contributed by atoms with van der Waals surface area (Å²) in [4.78, 5) is 0. The van der Waals surface area contributed by atoms with Crippen molar-refractivity contribution in [1.29, 1.82) is 0 Å². The number of hydrogen-bond donors (Lipinski definition) is 1. The van der Waals surface area contributed by atoms with Gasteiger partial charge in [-0.15, -0.1) is 0 Å². The summed E-state index contributed by atoms with van der Waals surface area (Å²) in [6, 6.07) is 19.5. The van der Waals surface area contributed by atoms with Gasteiger partial charge in [0.05, 0.1) is 0 Å². The van der Waals surface area contributed by atoms with Crippen LogP contribution in [0.25, 0.3) is 22.5 Å². The van der Waals surface area contributed by atoms with E-state index in [2.05, 4.69) is 73.1 Å². The first kappa shape index (κ1) is 14.8. The highest BCUT2D eigenvalue weighted by Crippen LogP contribution is 2.34. The third kappa shape index (κ3) is 2.52. The Hall–Kier alpha value is -2.80. The molecule has 0 fully saturated rings. The summed E-state index contributed by atoms with van der Waals surface area (Å²) < 4.78 is 0. The van der Waals surface area contributed by atoms with Gasteiger partial charge < -0.3 is 5.32 Å². The van der Waals surface area contributed by atoms with Crippen molar-refractivity contribution in [2.75, 3.05) is 0 Å². The molecule has 0 saturated carbocycles. The summed E-state index contributed by atoms with van der Waals surface area (Å²) in [6.07, 6.45) is 4.19. The molecule has 1 heteroatoms. The molecule has 0 saturated heterocycles. The molecule has 0 bridgehead atoms. The molecule has 118 valence electrons. The molecule has 3 aromatic carbocycles. The lowest BCUT2D eigenvalue weighted by molar-refractivity contribution is 0.892. The summed E-state index contributed by atoms with van der Waals surface area (Å²) >= 11 is 0. The molecular weight excluding hydrogens is 290 g/mol. The molecule has 1 aliphatic rings. The van der Waals surface area contributed by atoms with Crippen LogP contribution in [0.2, 0.25) is 0 Å². The lowest BCUT2D eigenvalue weighted by Gasteiger charge is -2.14. The molecule has 0 aromatic heterocycles. The van der Waals surface area contributed by atoms with Crippen molar-refractivity contribution < 1.29 is 0 Å². The van der Waals surface area contributed by atoms with Gasteiger partial charge in [0, 0.05) is 17.8 Å². The zero-order chi connectivity index (χ0) is 16.5. The topological polar surface area (TPSA) is 12.0 Å². The van der Waals surface area contributed by atoms with Crippen LogP contribution in [0.5, 0.6) is 0 Å². The van der Waals surface area contributed by atoms with Crippen molar-refractivity contribution in [2.24, 2.45) is 0 Å². The molecule has 0 atom stereocenters. The third-order valence-corrected chi connectivity index (χ3v) is 4.89. The molecule has 0 radical (unpaired) electrons. The van der Waals surface area contributed by atoms with Crippen LogP contribution in [0, 0.1) is 0 Å². The summed E-state index contributed by atoms with van der Waals surface area (Å²) in [6.45, 7) is 8.88. The van der Waals surface area contributed by atoms with Gasteiger partial charge in [-0.25, -0.2) is 0 Å². The average Bonchev–Trinajstić information content (AvgIpc) is 3.05. The van der Waals surface area contributed by atoms with Gasteiger partial charge in [-0.3, -0.25) is 0 Å². The first-order valence-electron chi connectivity index (χ1n) is 8.44. The van der Waals surface area contributed by atoms with Gasteiger partial charge in [0.1, 0.15) is 0 Å². The summed E-state index contributed by atoms with van der Waals surface area (Å²) in [7, 11) is 0. The zero-order valence-electron chi connectivity index (χ0n) is 13.8. The molecule has 1 nitrogen and oxygen atoms in total. The van der Waals surface area contributed by atoms with E-state index >= 15 is 0 Å². The number of nitrogens with one attached hydrogen (secondary N) is 1. The number of rotatable bonds is 5. The van der Waals surface area contributed by atoms with Gasteiger partial charge in [0.25, 0.3) is 0 Å². The second kappa shape index (κ2) is 6.01. The van der Waals surface area contributed by atoms with E-state index in [1.54, 1.807) is 0 Å². The van der Waals surface area contributed by atoms with E-state index in [9.17, 15) is 0 Å². The minimum Gasteiger partial charge on any atom is -0.381 e. The fraction of sp³-hybridized carbons (Fsp3) is 0.130. The lowest BCUT2D eigenvalue weighted by atomic mass is 9.98. The Labute approximate surface area is 143 Å². The normalized spacial score (nSPS) is 12.3. The van der Waals surface area contributed by atoms with Crippen LogP contribution >= 0.6 is 0 Å². The zero-order valence-corrected chi connectivity index (χ0v) is 13.8. The molecule has 1 aliphatic carbocycles. The maximum atomic E-state index is 4.28. The summed E-state index contributed by atoms with van der Waals surface area (Å²) in [5, 5.41) is 6.25. The monoisotopic (exact) mass is 311 g/mol. The minimum atomic E-state index is 0.767. The smallest absolute Gasteiger partial charge is 0.0401 e. The van der Waals surface area contributed by atoms with Crippen molar-refractivity contribution in [1.82, 2.24) is 5.32 Å². The first-order valence-corrected chi connectivity index (χ1v) is 8.44. The Balaban J connectivity index is 1.61. The molecule has 4 rings (SSSR count). The summed E-state index contributed by atoms with van der Waals surface area (Å²) in [5.41, 5.74) is 7.50. The number of benzene rings is 3. The molecule has 0 amide bonds. The Kier molecular flexibility index (Phi) is 3.70. The molecular formula is C23H21N. The van der Waals surface area contributed by atoms with Crippen molar-refractivity contribution in [2.45, 2.75) is 19.4 Å². The Morgan fingerprint density at radius 1 is 1.00 bits per heavy atom. The van der Waals surface area contributed by atoms with E-state index < -0.39 is 0 Å². The minimum absolute atomic E-state index is 0.767. The Bertz CT molecular complexity index is 939. The summed E-state index contributed by atoms with van der Waals surface area (Å²) in [5.74, 6) is 0. The maximum absolute atomic E-state index is 4.28. The van der Waals surface area contributed by atoms with E-state index in [1.165, 1.54) is 33.0 Å². The molecule has 24 heavy (non-hydrogen) atoms. The molecule has 1 N–H and O–H groups in total. The van der Waals surface area contributed by atoms with Crippen LogP contribution in [0.1, 0.15) is 27.8 Å². The largest absolute Gasteiger partial charge is 0.381 e. The first-order chi connectivity index (χ1) is 11.8. The van der Waals surface area contributed by atoms with Crippen LogP contribution in [-0.2, 0) is 19.4 Å². The lowest BCUT2D eigenvalue weighted by Crippen LogP contribution is -2.11. The fourth-order valence-electron chi connectivity index (χ4n) is 3.64. The molecule has 0 unspecified atom stereocenters. The quantitative estimate of drug-likeness (QED) is 0.670. The standard InChI is InChI=1S/C23H21N/c1-3-17-6-4-7-18(14-17)15-24-16(2)21-13-12-20-11-10-19-8-5-9-22(21)23(19)20/h3-9,12-14,24H,1-2,10-11,15H2. The van der Waals surface area contributed by atoms with E-state index in [4.69, 9.17) is 0 Å². The van der Waals surface area contributed by atoms with Crippen LogP contribution in [0.4, 0.5) is 0 Å². The molecule has 0 aliphatic heterocycles. The van der Waals surface area contributed by atoms with Gasteiger partial charge >= 0.3 is 0 Å². The van der Waals surface area contributed by atoms with E-state index in [-0.39, 0.29) is 0 Å². The van der Waals surface area contributed by atoms with Gasteiger partial charge in [-0.2, -0.15) is 0 Å². The molecule has 0 spiro atoms. The Morgan fingerprint density at radius 3 is 2.62 bits per heavy atom. The van der Waals surface area contributed by atoms with Crippen LogP contribution in [0.3, 0.4) is 0 Å². The van der Waals surface area contributed by atoms with E-state index in [1.807, 2.05) is 6.08 Å². The van der Waals surface area contributed by atoms with Crippen molar-refractivity contribution in [3.8, 4) is 0 Å². The van der Waals surface area contributed by atoms with Crippen molar-refractivity contribution in [3.63, 3.8) is 0 Å². The third-order valence-electron chi connectivity index (χ3n) is 4.89. The van der Waals surface area contributed by atoms with Gasteiger partial charge in [0.2, 0.25) is 0 Å². The SMILES string of the molecule is C=Cc1cccc(CNC(=C)c2ccc3c4c(cccc24)CC3)c1. The van der Waals surface area contributed by atoms with Crippen molar-refractivity contribution >= 4 is 22.5 Å². The van der Waals surface area contributed by atoms with Gasteiger partial charge in [0.15, 0.2) is 0 Å². The molecule has 3 aromatic rings. The number of aryl methyl sites for hydroxylation is 2. The average molecular weight is 311 g/mol.